The van der Waals surface area contributed by atoms with E-state index < -0.39 is 41.7 Å². The molecule has 168 valence electrons. The third-order valence-corrected chi connectivity index (χ3v) is 4.24. The van der Waals surface area contributed by atoms with Crippen molar-refractivity contribution in [1.82, 2.24) is 4.90 Å². The summed E-state index contributed by atoms with van der Waals surface area (Å²) in [6.07, 6.45) is -4.70. The van der Waals surface area contributed by atoms with Gasteiger partial charge in [0.25, 0.3) is 5.91 Å². The van der Waals surface area contributed by atoms with Crippen molar-refractivity contribution in [2.75, 3.05) is 26.0 Å². The molecule has 0 atom stereocenters. The second-order valence-corrected chi connectivity index (χ2v) is 6.55. The van der Waals surface area contributed by atoms with Gasteiger partial charge in [-0.3, -0.25) is 9.59 Å². The van der Waals surface area contributed by atoms with Gasteiger partial charge in [-0.1, -0.05) is 11.6 Å². The van der Waals surface area contributed by atoms with Gasteiger partial charge in [0.1, 0.15) is 0 Å². The lowest BCUT2D eigenvalue weighted by molar-refractivity contribution is -0.137. The molecular weight excluding hydrogens is 451 g/mol. The van der Waals surface area contributed by atoms with Crippen molar-refractivity contribution in [1.29, 1.82) is 0 Å². The van der Waals surface area contributed by atoms with Gasteiger partial charge < -0.3 is 19.7 Å². The van der Waals surface area contributed by atoms with E-state index >= 15 is 0 Å². The number of rotatable bonds is 7. The number of methoxy groups -OCH3 is 1. The lowest BCUT2D eigenvalue weighted by Gasteiger charge is -2.18. The Bertz CT molecular complexity index is 969. The van der Waals surface area contributed by atoms with Gasteiger partial charge in [-0.2, -0.15) is 22.0 Å². The van der Waals surface area contributed by atoms with Crippen LogP contribution in [0.25, 0.3) is 0 Å². The van der Waals surface area contributed by atoms with Crippen molar-refractivity contribution in [2.45, 2.75) is 12.8 Å². The standard InChI is InChI=1S/C19H16ClF5N2O4/c1-27(17(29)10-3-6-14(31-18(21)22)15(7-10)30-2)9-16(28)26-11-4-5-13(20)12(8-11)19(23,24)25/h3-8,18H,9H2,1-2H3,(H,26,28). The molecule has 0 aliphatic heterocycles. The molecule has 0 aliphatic carbocycles. The van der Waals surface area contributed by atoms with Crippen LogP contribution < -0.4 is 14.8 Å². The zero-order chi connectivity index (χ0) is 23.3. The molecule has 12 heteroatoms. The monoisotopic (exact) mass is 466 g/mol. The summed E-state index contributed by atoms with van der Waals surface area (Å²) in [7, 11) is 2.47. The Balaban J connectivity index is 2.09. The zero-order valence-electron chi connectivity index (χ0n) is 16.1. The molecule has 0 aromatic heterocycles. The number of anilines is 1. The maximum atomic E-state index is 12.9. The minimum atomic E-state index is -4.70. The summed E-state index contributed by atoms with van der Waals surface area (Å²) in [5, 5.41) is 1.73. The average Bonchev–Trinajstić information content (AvgIpc) is 2.67. The highest BCUT2D eigenvalue weighted by Gasteiger charge is 2.33. The normalized spacial score (nSPS) is 11.3. The largest absolute Gasteiger partial charge is 0.493 e. The lowest BCUT2D eigenvalue weighted by Crippen LogP contribution is -2.35. The highest BCUT2D eigenvalue weighted by molar-refractivity contribution is 6.31. The van der Waals surface area contributed by atoms with Crippen molar-refractivity contribution in [3.8, 4) is 11.5 Å². The second-order valence-electron chi connectivity index (χ2n) is 6.15. The number of likely N-dealkylation sites (N-methyl/N-ethyl adjacent to an activating group) is 1. The molecule has 31 heavy (non-hydrogen) atoms. The minimum Gasteiger partial charge on any atom is -0.493 e. The fraction of sp³-hybridized carbons (Fsp3) is 0.263. The number of hydrogen-bond donors (Lipinski definition) is 1. The van der Waals surface area contributed by atoms with Gasteiger partial charge in [0, 0.05) is 18.3 Å². The first-order chi connectivity index (χ1) is 14.4. The number of carbonyl (C=O) groups excluding carboxylic acids is 2. The molecule has 0 radical (unpaired) electrons. The number of nitrogens with one attached hydrogen (secondary N) is 1. The maximum Gasteiger partial charge on any atom is 0.417 e. The minimum absolute atomic E-state index is 0.0135. The van der Waals surface area contributed by atoms with Crippen molar-refractivity contribution in [3.05, 3.63) is 52.5 Å². The van der Waals surface area contributed by atoms with E-state index in [0.717, 1.165) is 23.1 Å². The molecule has 1 N–H and O–H groups in total. The van der Waals surface area contributed by atoms with E-state index in [1.807, 2.05) is 0 Å². The quantitative estimate of drug-likeness (QED) is 0.602. The fourth-order valence-corrected chi connectivity index (χ4v) is 2.75. The molecule has 6 nitrogen and oxygen atoms in total. The summed E-state index contributed by atoms with van der Waals surface area (Å²) in [4.78, 5) is 25.6. The molecule has 0 spiro atoms. The third kappa shape index (κ3) is 6.45. The molecule has 2 aromatic carbocycles. The van der Waals surface area contributed by atoms with E-state index in [-0.39, 0.29) is 22.7 Å². The number of benzene rings is 2. The van der Waals surface area contributed by atoms with Crippen LogP contribution in [-0.2, 0) is 11.0 Å². The number of amides is 2. The first-order valence-electron chi connectivity index (χ1n) is 8.47. The predicted molar refractivity (Wildman–Crippen MR) is 102 cm³/mol. The van der Waals surface area contributed by atoms with Crippen LogP contribution in [0.2, 0.25) is 5.02 Å². The zero-order valence-corrected chi connectivity index (χ0v) is 16.9. The average molecular weight is 467 g/mol. The van der Waals surface area contributed by atoms with Crippen LogP contribution in [-0.4, -0.2) is 44.0 Å². The first-order valence-corrected chi connectivity index (χ1v) is 8.85. The molecular formula is C19H16ClF5N2O4. The Labute approximate surface area is 178 Å². The summed E-state index contributed by atoms with van der Waals surface area (Å²) in [5.74, 6) is -1.83. The van der Waals surface area contributed by atoms with Gasteiger partial charge in [0.05, 0.1) is 24.2 Å². The Morgan fingerprint density at radius 2 is 1.81 bits per heavy atom. The Kier molecular flexibility index (Phi) is 7.66. The Morgan fingerprint density at radius 3 is 2.39 bits per heavy atom. The Morgan fingerprint density at radius 1 is 1.13 bits per heavy atom. The molecule has 0 fully saturated rings. The lowest BCUT2D eigenvalue weighted by atomic mass is 10.1. The van der Waals surface area contributed by atoms with Gasteiger partial charge in [0.2, 0.25) is 5.91 Å². The summed E-state index contributed by atoms with van der Waals surface area (Å²) in [6.45, 7) is -3.59. The molecule has 0 bridgehead atoms. The number of alkyl halides is 5. The molecule has 2 rings (SSSR count). The van der Waals surface area contributed by atoms with E-state index in [1.54, 1.807) is 0 Å². The van der Waals surface area contributed by atoms with Crippen LogP contribution in [0, 0.1) is 0 Å². The summed E-state index contributed by atoms with van der Waals surface area (Å²) in [6, 6.07) is 6.32. The number of carbonyl (C=O) groups is 2. The van der Waals surface area contributed by atoms with Crippen LogP contribution in [0.4, 0.5) is 27.6 Å². The molecule has 0 saturated carbocycles. The van der Waals surface area contributed by atoms with E-state index in [2.05, 4.69) is 10.1 Å². The van der Waals surface area contributed by atoms with Crippen LogP contribution in [0.3, 0.4) is 0 Å². The second kappa shape index (κ2) is 9.82. The van der Waals surface area contributed by atoms with Gasteiger partial charge in [-0.25, -0.2) is 0 Å². The predicted octanol–water partition coefficient (Wildman–Crippen LogP) is 4.68. The van der Waals surface area contributed by atoms with Crippen LogP contribution in [0.5, 0.6) is 11.5 Å². The van der Waals surface area contributed by atoms with Crippen LogP contribution in [0.1, 0.15) is 15.9 Å². The molecule has 0 heterocycles. The highest BCUT2D eigenvalue weighted by Crippen LogP contribution is 2.36. The topological polar surface area (TPSA) is 67.9 Å². The molecule has 2 amide bonds. The van der Waals surface area contributed by atoms with E-state index in [1.165, 1.54) is 26.3 Å². The highest BCUT2D eigenvalue weighted by atomic mass is 35.5. The van der Waals surface area contributed by atoms with Crippen molar-refractivity contribution in [2.24, 2.45) is 0 Å². The van der Waals surface area contributed by atoms with Crippen LogP contribution >= 0.6 is 11.6 Å². The molecule has 0 unspecified atom stereocenters. The number of nitrogens with zero attached hydrogens (tertiary/aromatic N) is 1. The van der Waals surface area contributed by atoms with E-state index in [9.17, 15) is 31.5 Å². The molecule has 0 aliphatic rings. The van der Waals surface area contributed by atoms with Gasteiger partial charge in [0.15, 0.2) is 11.5 Å². The number of halogens is 6. The van der Waals surface area contributed by atoms with E-state index in [0.29, 0.717) is 6.07 Å². The third-order valence-electron chi connectivity index (χ3n) is 3.91. The summed E-state index contributed by atoms with van der Waals surface area (Å²) in [5.41, 5.74) is -1.26. The first kappa shape index (κ1) is 24.2. The maximum absolute atomic E-state index is 12.9. The van der Waals surface area contributed by atoms with Crippen molar-refractivity contribution >= 4 is 29.1 Å². The number of ether oxygens (including phenoxy) is 2. The van der Waals surface area contributed by atoms with Gasteiger partial charge in [-0.15, -0.1) is 0 Å². The SMILES string of the molecule is COc1cc(C(=O)N(C)CC(=O)Nc2ccc(Cl)c(C(F)(F)F)c2)ccc1OC(F)F. The van der Waals surface area contributed by atoms with Crippen molar-refractivity contribution < 1.29 is 41.0 Å². The Hall–Kier alpha value is -3.08. The fourth-order valence-electron chi connectivity index (χ4n) is 2.52. The molecule has 0 saturated heterocycles. The van der Waals surface area contributed by atoms with Crippen molar-refractivity contribution in [3.63, 3.8) is 0 Å². The molecule has 2 aromatic rings. The summed E-state index contributed by atoms with van der Waals surface area (Å²) < 4.78 is 72.7. The number of hydrogen-bond acceptors (Lipinski definition) is 4. The van der Waals surface area contributed by atoms with Gasteiger partial charge in [-0.05, 0) is 36.4 Å². The summed E-state index contributed by atoms with van der Waals surface area (Å²) >= 11 is 5.53. The smallest absolute Gasteiger partial charge is 0.417 e. The van der Waals surface area contributed by atoms with Gasteiger partial charge >= 0.3 is 12.8 Å². The van der Waals surface area contributed by atoms with Crippen LogP contribution in [0.15, 0.2) is 36.4 Å². The van der Waals surface area contributed by atoms with E-state index in [4.69, 9.17) is 16.3 Å².